The van der Waals surface area contributed by atoms with Gasteiger partial charge in [0.1, 0.15) is 0 Å². The van der Waals surface area contributed by atoms with E-state index in [9.17, 15) is 0 Å². The summed E-state index contributed by atoms with van der Waals surface area (Å²) in [6.07, 6.45) is 12.3. The Balaban J connectivity index is 1.45. The minimum absolute atomic E-state index is 0.804. The summed E-state index contributed by atoms with van der Waals surface area (Å²) in [5.41, 5.74) is 2.85. The van der Waals surface area contributed by atoms with Crippen LogP contribution in [0.1, 0.15) is 37.7 Å². The van der Waals surface area contributed by atoms with Crippen LogP contribution in [0.25, 0.3) is 10.9 Å². The molecule has 0 saturated heterocycles. The summed E-state index contributed by atoms with van der Waals surface area (Å²) >= 11 is 0. The fraction of sp³-hybridized carbons (Fsp3) is 0.550. The molecular formula is C20H23N2+. The van der Waals surface area contributed by atoms with E-state index in [-0.39, 0.29) is 0 Å². The first kappa shape index (κ1) is 11.9. The normalized spacial score (nSPS) is 38.5. The Kier molecular flexibility index (Phi) is 2.19. The van der Waals surface area contributed by atoms with E-state index in [1.54, 1.807) is 6.42 Å². The van der Waals surface area contributed by atoms with E-state index in [0.717, 1.165) is 36.4 Å². The predicted octanol–water partition coefficient (Wildman–Crippen LogP) is 3.87. The molecule has 0 N–H and O–H groups in total. The molecule has 7 rings (SSSR count). The van der Waals surface area contributed by atoms with E-state index in [2.05, 4.69) is 45.8 Å². The van der Waals surface area contributed by atoms with Crippen LogP contribution in [-0.4, -0.2) is 21.4 Å². The van der Waals surface area contributed by atoms with Gasteiger partial charge in [0.2, 0.25) is 6.67 Å². The second kappa shape index (κ2) is 4.04. The number of hydrogen-bond donors (Lipinski definition) is 0. The number of nitrogens with zero attached hydrogens (tertiary/aromatic N) is 2. The van der Waals surface area contributed by atoms with E-state index >= 15 is 0 Å². The highest BCUT2D eigenvalue weighted by Crippen LogP contribution is 2.54. The Labute approximate surface area is 131 Å². The van der Waals surface area contributed by atoms with E-state index in [4.69, 9.17) is 0 Å². The van der Waals surface area contributed by atoms with Crippen LogP contribution in [0, 0.1) is 23.7 Å². The minimum atomic E-state index is 0.804. The topological polar surface area (TPSA) is 7.94 Å². The summed E-state index contributed by atoms with van der Waals surface area (Å²) < 4.78 is 5.17. The van der Waals surface area contributed by atoms with Crippen LogP contribution in [0.15, 0.2) is 30.5 Å². The molecule has 4 saturated carbocycles. The van der Waals surface area contributed by atoms with Gasteiger partial charge in [0.25, 0.3) is 0 Å². The fourth-order valence-electron chi connectivity index (χ4n) is 6.53. The Hall–Kier alpha value is -1.57. The van der Waals surface area contributed by atoms with Crippen LogP contribution >= 0.6 is 0 Å². The second-order valence-corrected chi connectivity index (χ2v) is 8.28. The molecule has 4 bridgehead atoms. The van der Waals surface area contributed by atoms with Crippen molar-refractivity contribution in [3.05, 3.63) is 36.0 Å². The fourth-order valence-corrected chi connectivity index (χ4v) is 6.53. The summed E-state index contributed by atoms with van der Waals surface area (Å²) in [6.45, 7) is 1.06. The van der Waals surface area contributed by atoms with Gasteiger partial charge in [-0.25, -0.2) is 4.58 Å². The lowest BCUT2D eigenvalue weighted by Crippen LogP contribution is -2.53. The quantitative estimate of drug-likeness (QED) is 0.705. The molecule has 22 heavy (non-hydrogen) atoms. The van der Waals surface area contributed by atoms with Gasteiger partial charge in [0, 0.05) is 23.4 Å². The maximum Gasteiger partial charge on any atom is 0.222 e. The molecule has 0 amide bonds. The first-order valence-corrected chi connectivity index (χ1v) is 9.03. The van der Waals surface area contributed by atoms with Gasteiger partial charge in [0.05, 0.1) is 11.1 Å². The third-order valence-corrected chi connectivity index (χ3v) is 7.00. The molecular weight excluding hydrogens is 268 g/mol. The van der Waals surface area contributed by atoms with Crippen molar-refractivity contribution < 1.29 is 4.58 Å². The predicted molar refractivity (Wildman–Crippen MR) is 88.2 cm³/mol. The van der Waals surface area contributed by atoms with Gasteiger partial charge < -0.3 is 0 Å². The highest BCUT2D eigenvalue weighted by Gasteiger charge is 2.53. The van der Waals surface area contributed by atoms with Crippen LogP contribution in [0.3, 0.4) is 0 Å². The minimum Gasteiger partial charge on any atom is -0.291 e. The Morgan fingerprint density at radius 1 is 0.909 bits per heavy atom. The van der Waals surface area contributed by atoms with E-state index in [1.165, 1.54) is 42.1 Å². The SMILES string of the molecule is C1=[N+](C2C3CC4CC(C3)CC2C4)Cn2ccc3cccc1c32. The maximum absolute atomic E-state index is 2.70. The number of benzene rings is 1. The van der Waals surface area contributed by atoms with E-state index in [1.807, 2.05) is 0 Å². The summed E-state index contributed by atoms with van der Waals surface area (Å²) in [5.74, 6) is 4.05. The molecule has 0 radical (unpaired) electrons. The lowest BCUT2D eigenvalue weighted by atomic mass is 9.54. The van der Waals surface area contributed by atoms with Crippen LogP contribution in [-0.2, 0) is 6.67 Å². The van der Waals surface area contributed by atoms with Crippen molar-refractivity contribution in [1.29, 1.82) is 0 Å². The number of rotatable bonds is 1. The van der Waals surface area contributed by atoms with Crippen molar-refractivity contribution in [1.82, 2.24) is 4.57 Å². The average molecular weight is 291 g/mol. The molecule has 4 aliphatic carbocycles. The lowest BCUT2D eigenvalue weighted by Gasteiger charge is -2.52. The lowest BCUT2D eigenvalue weighted by molar-refractivity contribution is -0.615. The monoisotopic (exact) mass is 291 g/mol. The van der Waals surface area contributed by atoms with Gasteiger partial charge in [0.15, 0.2) is 12.3 Å². The van der Waals surface area contributed by atoms with E-state index in [0.29, 0.717) is 0 Å². The van der Waals surface area contributed by atoms with Crippen molar-refractivity contribution in [2.24, 2.45) is 23.7 Å². The first-order chi connectivity index (χ1) is 10.8. The van der Waals surface area contributed by atoms with Crippen LogP contribution in [0.4, 0.5) is 0 Å². The zero-order chi connectivity index (χ0) is 14.3. The molecule has 5 aliphatic rings. The Bertz CT molecular complexity index is 769. The van der Waals surface area contributed by atoms with Gasteiger partial charge in [-0.1, -0.05) is 12.1 Å². The number of aromatic nitrogens is 1. The first-order valence-electron chi connectivity index (χ1n) is 9.03. The summed E-state index contributed by atoms with van der Waals surface area (Å²) in [6, 6.07) is 9.81. The summed E-state index contributed by atoms with van der Waals surface area (Å²) in [4.78, 5) is 0. The highest BCUT2D eigenvalue weighted by atomic mass is 15.2. The van der Waals surface area contributed by atoms with Crippen molar-refractivity contribution in [2.75, 3.05) is 0 Å². The molecule has 4 fully saturated rings. The van der Waals surface area contributed by atoms with Gasteiger partial charge in [-0.05, 0) is 56.1 Å². The van der Waals surface area contributed by atoms with Gasteiger partial charge in [-0.3, -0.25) is 4.57 Å². The molecule has 2 nitrogen and oxygen atoms in total. The maximum atomic E-state index is 2.70. The smallest absolute Gasteiger partial charge is 0.222 e. The standard InChI is InChI=1S/C20H23N2/c1-2-15-4-5-21-12-22(11-16(3-1)19(15)21)20-17-7-13-6-14(9-17)10-18(20)8-13/h1-5,11,13-14,17-18,20H,6-10,12H2/q+1. The number of para-hydroxylation sites is 1. The molecule has 0 unspecified atom stereocenters. The van der Waals surface area contributed by atoms with Crippen LogP contribution in [0.2, 0.25) is 0 Å². The van der Waals surface area contributed by atoms with Gasteiger partial charge >= 0.3 is 0 Å². The highest BCUT2D eigenvalue weighted by molar-refractivity contribution is 5.97. The molecule has 2 heterocycles. The largest absolute Gasteiger partial charge is 0.291 e. The molecule has 112 valence electrons. The van der Waals surface area contributed by atoms with Crippen LogP contribution < -0.4 is 0 Å². The summed E-state index contributed by atoms with van der Waals surface area (Å²) in [7, 11) is 0. The number of hydrogen-bond acceptors (Lipinski definition) is 0. The molecule has 0 spiro atoms. The third kappa shape index (κ3) is 1.48. The van der Waals surface area contributed by atoms with Crippen molar-refractivity contribution >= 4 is 17.1 Å². The Morgan fingerprint density at radius 2 is 1.68 bits per heavy atom. The Morgan fingerprint density at radius 3 is 2.45 bits per heavy atom. The van der Waals surface area contributed by atoms with Gasteiger partial charge in [-0.2, -0.15) is 0 Å². The molecule has 2 heteroatoms. The van der Waals surface area contributed by atoms with E-state index < -0.39 is 0 Å². The molecule has 1 aromatic carbocycles. The average Bonchev–Trinajstić information content (AvgIpc) is 2.91. The zero-order valence-corrected chi connectivity index (χ0v) is 13.0. The zero-order valence-electron chi connectivity index (χ0n) is 13.0. The molecule has 2 aromatic rings. The molecule has 1 aromatic heterocycles. The van der Waals surface area contributed by atoms with Gasteiger partial charge in [-0.15, -0.1) is 0 Å². The molecule has 1 aliphatic heterocycles. The summed E-state index contributed by atoms with van der Waals surface area (Å²) in [5, 5.41) is 1.39. The second-order valence-electron chi connectivity index (χ2n) is 8.28. The van der Waals surface area contributed by atoms with Crippen LogP contribution in [0.5, 0.6) is 0 Å². The van der Waals surface area contributed by atoms with Crippen molar-refractivity contribution in [3.8, 4) is 0 Å². The molecule has 0 atom stereocenters. The third-order valence-electron chi connectivity index (χ3n) is 7.00. The van der Waals surface area contributed by atoms with Crippen molar-refractivity contribution in [3.63, 3.8) is 0 Å². The van der Waals surface area contributed by atoms with Crippen molar-refractivity contribution in [2.45, 2.75) is 44.8 Å².